The van der Waals surface area contributed by atoms with Gasteiger partial charge in [-0.15, -0.1) is 0 Å². The number of aliphatic hydroxyl groups is 1. The van der Waals surface area contributed by atoms with E-state index in [0.717, 1.165) is 43.0 Å². The van der Waals surface area contributed by atoms with Gasteiger partial charge in [0.1, 0.15) is 27.9 Å². The Bertz CT molecular complexity index is 1390. The fourth-order valence-corrected chi connectivity index (χ4v) is 7.45. The number of aromatic nitrogens is 1. The molecule has 2 aromatic rings. The van der Waals surface area contributed by atoms with Crippen molar-refractivity contribution in [1.29, 1.82) is 0 Å². The third-order valence-electron chi connectivity index (χ3n) is 9.30. The number of para-hydroxylation sites is 1. The summed E-state index contributed by atoms with van der Waals surface area (Å²) in [4.78, 5) is 45.6. The number of piperidine rings is 1. The first-order valence-corrected chi connectivity index (χ1v) is 15.4. The molecule has 4 N–H and O–H groups in total. The molecular weight excluding hydrogens is 559 g/mol. The van der Waals surface area contributed by atoms with Crippen molar-refractivity contribution in [1.82, 2.24) is 20.5 Å². The first-order valence-electron chi connectivity index (χ1n) is 13.9. The molecule has 0 bridgehead atoms. The third-order valence-corrected chi connectivity index (χ3v) is 10.3. The fraction of sp³-hybridized carbons (Fsp3) is 0.607. The Hall–Kier alpha value is -1.96. The molecule has 1 unspecified atom stereocenters. The largest absolute Gasteiger partial charge is 1.00 e. The van der Waals surface area contributed by atoms with Crippen LogP contribution in [0.25, 0.3) is 10.9 Å². The van der Waals surface area contributed by atoms with Crippen LogP contribution in [0.15, 0.2) is 30.3 Å². The summed E-state index contributed by atoms with van der Waals surface area (Å²) in [5, 5.41) is 16.2. The number of benzene rings is 1. The molecule has 2 aliphatic carbocycles. The molecule has 3 fully saturated rings. The minimum absolute atomic E-state index is 0. The maximum Gasteiger partial charge on any atom is 1.00 e. The van der Waals surface area contributed by atoms with Gasteiger partial charge in [-0.1, -0.05) is 51.3 Å². The summed E-state index contributed by atoms with van der Waals surface area (Å²) in [6, 6.07) is 6.15. The molecule has 3 aliphatic rings. The second kappa shape index (κ2) is 12.0. The molecule has 0 radical (unpaired) electrons. The zero-order valence-corrected chi connectivity index (χ0v) is 26.7. The number of nitrogens with zero attached hydrogens (tertiary/aromatic N) is 1. The number of rotatable bonds is 8. The van der Waals surface area contributed by atoms with Gasteiger partial charge in [-0.05, 0) is 55.1 Å². The van der Waals surface area contributed by atoms with E-state index in [1.165, 1.54) is 11.8 Å². The van der Waals surface area contributed by atoms with Crippen LogP contribution in [0, 0.1) is 23.2 Å². The zero-order chi connectivity index (χ0) is 29.0. The first-order chi connectivity index (χ1) is 18.8. The second-order valence-electron chi connectivity index (χ2n) is 12.2. The van der Waals surface area contributed by atoms with E-state index < -0.39 is 45.5 Å². The van der Waals surface area contributed by atoms with Crippen LogP contribution < -0.4 is 40.2 Å². The van der Waals surface area contributed by atoms with E-state index in [4.69, 9.17) is 0 Å². The predicted octanol–water partition coefficient (Wildman–Crippen LogP) is -1.30. The standard InChI is InChI=1S/C28H38N4O7S.Na/c1-15(27(36)40(37,38)39)29-25(34)23-21-18(28(21,2)3)14-32(23)26(35)22(16-9-5-4-6-10-16)31-24(33)20-13-17-11-7-8-12-19(17)30-20;/h7-8,11-13,15-16,18,21-23,27,30,36H,4-6,9-10,14H2,1-3H3,(H,29,34)(H,31,33)(H,37,38,39);/q;+1/p-1/t15-,18-,21-,22-,23-,27?;/m0./s1. The van der Waals surface area contributed by atoms with E-state index in [2.05, 4.69) is 15.6 Å². The summed E-state index contributed by atoms with van der Waals surface area (Å²) >= 11 is 0. The molecule has 0 spiro atoms. The van der Waals surface area contributed by atoms with Gasteiger partial charge in [-0.3, -0.25) is 14.4 Å². The molecule has 2 saturated carbocycles. The third kappa shape index (κ3) is 6.23. The van der Waals surface area contributed by atoms with Crippen molar-refractivity contribution in [2.75, 3.05) is 6.54 Å². The topological polar surface area (TPSA) is 172 Å². The average molecular weight is 597 g/mol. The Balaban J connectivity index is 0.00000387. The van der Waals surface area contributed by atoms with Gasteiger partial charge in [0.15, 0.2) is 5.44 Å². The molecule has 1 aromatic heterocycles. The van der Waals surface area contributed by atoms with Gasteiger partial charge in [0.05, 0.1) is 6.04 Å². The first kappa shape index (κ1) is 32.0. The molecule has 1 aromatic carbocycles. The van der Waals surface area contributed by atoms with Crippen molar-refractivity contribution in [2.45, 2.75) is 76.4 Å². The monoisotopic (exact) mass is 596 g/mol. The van der Waals surface area contributed by atoms with E-state index in [0.29, 0.717) is 12.2 Å². The van der Waals surface area contributed by atoms with Crippen LogP contribution >= 0.6 is 0 Å². The van der Waals surface area contributed by atoms with E-state index in [1.54, 1.807) is 6.07 Å². The van der Waals surface area contributed by atoms with Crippen LogP contribution in [-0.2, 0) is 19.7 Å². The predicted molar refractivity (Wildman–Crippen MR) is 146 cm³/mol. The van der Waals surface area contributed by atoms with E-state index in [1.807, 2.05) is 38.1 Å². The number of hydrogen-bond donors (Lipinski definition) is 4. The van der Waals surface area contributed by atoms with E-state index in [-0.39, 0.29) is 58.6 Å². The SMILES string of the molecule is C[C@H](NC(=O)[C@@H]1[C@@H]2[C@H](CN1C(=O)[C@@H](NC(=O)c1cc3ccccc3[nH]1)C1CCCCC1)C2(C)C)C(O)S(=O)(=O)[O-].[Na+]. The minimum atomic E-state index is -5.04. The van der Waals surface area contributed by atoms with Crippen molar-refractivity contribution < 1.29 is 62.0 Å². The molecule has 41 heavy (non-hydrogen) atoms. The van der Waals surface area contributed by atoms with E-state index >= 15 is 0 Å². The minimum Gasteiger partial charge on any atom is -0.746 e. The molecule has 5 rings (SSSR count). The fourth-order valence-electron chi connectivity index (χ4n) is 6.89. The van der Waals surface area contributed by atoms with Crippen molar-refractivity contribution in [3.05, 3.63) is 36.0 Å². The van der Waals surface area contributed by atoms with Crippen molar-refractivity contribution >= 4 is 38.7 Å². The Morgan fingerprint density at radius 3 is 2.41 bits per heavy atom. The van der Waals surface area contributed by atoms with Crippen LogP contribution in [-0.4, -0.2) is 75.8 Å². The number of likely N-dealkylation sites (tertiary alicyclic amines) is 1. The zero-order valence-electron chi connectivity index (χ0n) is 23.9. The quantitative estimate of drug-likeness (QED) is 0.217. The van der Waals surface area contributed by atoms with Crippen LogP contribution in [0.5, 0.6) is 0 Å². The summed E-state index contributed by atoms with van der Waals surface area (Å²) in [6.07, 6.45) is 4.49. The number of nitrogens with one attached hydrogen (secondary N) is 3. The molecule has 3 amide bonds. The van der Waals surface area contributed by atoms with Gasteiger partial charge in [0.25, 0.3) is 5.91 Å². The number of carbonyl (C=O) groups is 3. The number of aliphatic hydroxyl groups excluding tert-OH is 1. The number of fused-ring (bicyclic) bond motifs is 2. The Labute approximate surface area is 262 Å². The number of H-pyrrole nitrogens is 1. The number of amides is 3. The molecule has 1 aliphatic heterocycles. The Morgan fingerprint density at radius 1 is 1.12 bits per heavy atom. The van der Waals surface area contributed by atoms with Crippen LogP contribution in [0.2, 0.25) is 0 Å². The van der Waals surface area contributed by atoms with Crippen LogP contribution in [0.4, 0.5) is 0 Å². The summed E-state index contributed by atoms with van der Waals surface area (Å²) < 4.78 is 33.9. The van der Waals surface area contributed by atoms with Gasteiger partial charge >= 0.3 is 29.6 Å². The molecule has 2 heterocycles. The maximum atomic E-state index is 14.2. The summed E-state index contributed by atoms with van der Waals surface area (Å²) in [5.74, 6) is -1.55. The van der Waals surface area contributed by atoms with Crippen molar-refractivity contribution in [3.63, 3.8) is 0 Å². The molecule has 6 atom stereocenters. The smallest absolute Gasteiger partial charge is 0.746 e. The number of aromatic amines is 1. The van der Waals surface area contributed by atoms with Gasteiger partial charge in [-0.2, -0.15) is 0 Å². The average Bonchev–Trinajstić information content (AvgIpc) is 3.30. The van der Waals surface area contributed by atoms with Crippen LogP contribution in [0.1, 0.15) is 63.4 Å². The summed E-state index contributed by atoms with van der Waals surface area (Å²) in [6.45, 7) is 5.60. The molecule has 1 saturated heterocycles. The maximum absolute atomic E-state index is 14.2. The normalized spacial score (nSPS) is 25.9. The second-order valence-corrected chi connectivity index (χ2v) is 13.7. The van der Waals surface area contributed by atoms with Gasteiger partial charge in [-0.25, -0.2) is 8.42 Å². The van der Waals surface area contributed by atoms with Gasteiger partial charge in [0, 0.05) is 17.4 Å². The molecule has 218 valence electrons. The van der Waals surface area contributed by atoms with Gasteiger partial charge < -0.3 is 30.2 Å². The van der Waals surface area contributed by atoms with Crippen LogP contribution in [0.3, 0.4) is 0 Å². The summed E-state index contributed by atoms with van der Waals surface area (Å²) in [5.41, 5.74) is -1.37. The Kier molecular flexibility index (Phi) is 9.33. The number of hydrogen-bond acceptors (Lipinski definition) is 7. The van der Waals surface area contributed by atoms with Crippen molar-refractivity contribution in [2.24, 2.45) is 23.2 Å². The Morgan fingerprint density at radius 2 is 1.78 bits per heavy atom. The summed E-state index contributed by atoms with van der Waals surface area (Å²) in [7, 11) is -5.04. The molecule has 13 heteroatoms. The molecular formula is C28H37N4NaO7S. The van der Waals surface area contributed by atoms with E-state index in [9.17, 15) is 32.5 Å². The van der Waals surface area contributed by atoms with Crippen molar-refractivity contribution in [3.8, 4) is 0 Å². The molecule has 11 nitrogen and oxygen atoms in total. The number of carbonyl (C=O) groups excluding carboxylic acids is 3. The van der Waals surface area contributed by atoms with Gasteiger partial charge in [0.2, 0.25) is 11.8 Å².